The van der Waals surface area contributed by atoms with Crippen LogP contribution in [-0.2, 0) is 35.0 Å². The zero-order valence-electron chi connectivity index (χ0n) is 18.9. The molecule has 3 aromatic rings. The van der Waals surface area contributed by atoms with Crippen molar-refractivity contribution in [2.75, 3.05) is 13.1 Å². The van der Waals surface area contributed by atoms with Crippen LogP contribution >= 0.6 is 0 Å². The van der Waals surface area contributed by atoms with Gasteiger partial charge in [-0.1, -0.05) is 48.5 Å². The molecule has 1 saturated heterocycles. The van der Waals surface area contributed by atoms with Crippen LogP contribution in [0.15, 0.2) is 59.8 Å². The molecule has 172 valence electrons. The fraction of sp³-hybridized carbons (Fsp3) is 0.360. The molecule has 0 unspecified atom stereocenters. The van der Waals surface area contributed by atoms with Gasteiger partial charge in [0.15, 0.2) is 5.03 Å². The van der Waals surface area contributed by atoms with E-state index in [2.05, 4.69) is 29.2 Å². The predicted octanol–water partition coefficient (Wildman–Crippen LogP) is 3.34. The number of fused-ring (bicyclic) bond motifs is 3. The van der Waals surface area contributed by atoms with Gasteiger partial charge in [0.05, 0.1) is 0 Å². The minimum atomic E-state index is -3.65. The van der Waals surface area contributed by atoms with Crippen LogP contribution in [0.4, 0.5) is 0 Å². The van der Waals surface area contributed by atoms with Crippen LogP contribution in [0.5, 0.6) is 0 Å². The van der Waals surface area contributed by atoms with Gasteiger partial charge in [-0.15, -0.1) is 0 Å². The lowest BCUT2D eigenvalue weighted by molar-refractivity contribution is -0.138. The van der Waals surface area contributed by atoms with Crippen LogP contribution in [0.25, 0.3) is 11.1 Å². The Labute approximate surface area is 194 Å². The van der Waals surface area contributed by atoms with Gasteiger partial charge in [0, 0.05) is 45.3 Å². The smallest absolute Gasteiger partial charge is 0.262 e. The maximum atomic E-state index is 13.5. The van der Waals surface area contributed by atoms with Gasteiger partial charge in [-0.2, -0.15) is 4.31 Å². The average molecular weight is 465 g/mol. The van der Waals surface area contributed by atoms with Crippen molar-refractivity contribution in [1.29, 1.82) is 0 Å². The number of aromatic nitrogens is 2. The van der Waals surface area contributed by atoms with Crippen LogP contribution < -0.4 is 0 Å². The third kappa shape index (κ3) is 3.98. The summed E-state index contributed by atoms with van der Waals surface area (Å²) >= 11 is 0. The van der Waals surface area contributed by atoms with Crippen molar-refractivity contribution in [3.63, 3.8) is 0 Å². The van der Waals surface area contributed by atoms with Gasteiger partial charge >= 0.3 is 0 Å². The lowest BCUT2D eigenvalue weighted by Crippen LogP contribution is -2.44. The largest absolute Gasteiger partial charge is 0.337 e. The highest BCUT2D eigenvalue weighted by atomic mass is 32.2. The van der Waals surface area contributed by atoms with E-state index in [1.54, 1.807) is 24.7 Å². The zero-order valence-corrected chi connectivity index (χ0v) is 19.8. The highest BCUT2D eigenvalue weighted by molar-refractivity contribution is 7.89. The van der Waals surface area contributed by atoms with Gasteiger partial charge in [-0.25, -0.2) is 13.4 Å². The van der Waals surface area contributed by atoms with Crippen LogP contribution in [0, 0.1) is 12.8 Å². The van der Waals surface area contributed by atoms with Gasteiger partial charge in [-0.3, -0.25) is 4.79 Å². The maximum Gasteiger partial charge on any atom is 0.262 e. The Bertz CT molecular complexity index is 1240. The number of hydrogen-bond acceptors (Lipinski definition) is 4. The van der Waals surface area contributed by atoms with Crippen LogP contribution in [-0.4, -0.2) is 46.2 Å². The second-order valence-electron chi connectivity index (χ2n) is 8.92. The van der Waals surface area contributed by atoms with E-state index in [0.717, 1.165) is 11.1 Å². The molecule has 33 heavy (non-hydrogen) atoms. The molecule has 0 bridgehead atoms. The molecule has 2 aliphatic rings. The predicted molar refractivity (Wildman–Crippen MR) is 126 cm³/mol. The van der Waals surface area contributed by atoms with Gasteiger partial charge in [0.1, 0.15) is 5.82 Å². The normalized spacial score (nSPS) is 17.3. The molecular formula is C25H28N4O3S. The van der Waals surface area contributed by atoms with Crippen molar-refractivity contribution in [1.82, 2.24) is 18.8 Å². The summed E-state index contributed by atoms with van der Waals surface area (Å²) in [6.45, 7) is 3.57. The number of benzene rings is 2. The topological polar surface area (TPSA) is 75.5 Å². The van der Waals surface area contributed by atoms with E-state index in [1.807, 2.05) is 29.2 Å². The molecule has 7 nitrogen and oxygen atoms in total. The van der Waals surface area contributed by atoms with E-state index in [4.69, 9.17) is 0 Å². The Hall–Kier alpha value is -2.97. The summed E-state index contributed by atoms with van der Waals surface area (Å²) in [5.41, 5.74) is 4.63. The first-order chi connectivity index (χ1) is 15.8. The lowest BCUT2D eigenvalue weighted by Gasteiger charge is -2.33. The van der Waals surface area contributed by atoms with Crippen molar-refractivity contribution < 1.29 is 13.2 Å². The van der Waals surface area contributed by atoms with Crippen molar-refractivity contribution in [2.45, 2.75) is 37.9 Å². The average Bonchev–Trinajstić information content (AvgIpc) is 3.08. The van der Waals surface area contributed by atoms with E-state index >= 15 is 0 Å². The standard InChI is InChI=1S/C25H28N4O3S/c1-18-26-24(17-27(18)2)33(31,32)29-13-11-19(12-14-29)25(30)28-15-20-7-3-5-9-22(20)23-10-6-4-8-21(23)16-28/h3-10,17,19H,11-16H2,1-2H3. The van der Waals surface area contributed by atoms with E-state index < -0.39 is 10.0 Å². The quantitative estimate of drug-likeness (QED) is 0.596. The monoisotopic (exact) mass is 464 g/mol. The Morgan fingerprint density at radius 2 is 1.48 bits per heavy atom. The Balaban J connectivity index is 1.32. The molecule has 2 aliphatic heterocycles. The van der Waals surface area contributed by atoms with Gasteiger partial charge in [-0.05, 0) is 42.0 Å². The molecule has 1 fully saturated rings. The van der Waals surface area contributed by atoms with Gasteiger partial charge in [0.2, 0.25) is 5.91 Å². The number of rotatable bonds is 3. The molecule has 5 rings (SSSR count). The molecule has 0 saturated carbocycles. The summed E-state index contributed by atoms with van der Waals surface area (Å²) in [5, 5.41) is 0.0769. The first kappa shape index (κ1) is 21.9. The molecule has 0 radical (unpaired) electrons. The molecule has 1 amide bonds. The number of nitrogens with zero attached hydrogens (tertiary/aromatic N) is 4. The molecule has 0 N–H and O–H groups in total. The molecule has 8 heteroatoms. The minimum absolute atomic E-state index is 0.0769. The number of hydrogen-bond donors (Lipinski definition) is 0. The molecule has 0 spiro atoms. The Kier molecular flexibility index (Phi) is 5.58. The molecule has 0 aliphatic carbocycles. The van der Waals surface area contributed by atoms with Crippen molar-refractivity contribution in [3.8, 4) is 11.1 Å². The number of aryl methyl sites for hydroxylation is 2. The first-order valence-corrected chi connectivity index (χ1v) is 12.7. The lowest BCUT2D eigenvalue weighted by atomic mass is 9.96. The summed E-state index contributed by atoms with van der Waals surface area (Å²) in [7, 11) is -1.87. The van der Waals surface area contributed by atoms with Crippen LogP contribution in [0.2, 0.25) is 0 Å². The van der Waals surface area contributed by atoms with E-state index in [-0.39, 0.29) is 16.9 Å². The fourth-order valence-corrected chi connectivity index (χ4v) is 6.34. The van der Waals surface area contributed by atoms with E-state index in [0.29, 0.717) is 44.8 Å². The minimum Gasteiger partial charge on any atom is -0.337 e. The van der Waals surface area contributed by atoms with E-state index in [1.165, 1.54) is 15.4 Å². The molecule has 3 heterocycles. The maximum absolute atomic E-state index is 13.5. The summed E-state index contributed by atoms with van der Waals surface area (Å²) < 4.78 is 29.2. The third-order valence-corrected chi connectivity index (χ3v) is 8.62. The van der Waals surface area contributed by atoms with Gasteiger partial charge in [0.25, 0.3) is 10.0 Å². The van der Waals surface area contributed by atoms with E-state index in [9.17, 15) is 13.2 Å². The number of imidazole rings is 1. The summed E-state index contributed by atoms with van der Waals surface area (Å²) in [6, 6.07) is 16.5. The number of carbonyl (C=O) groups excluding carboxylic acids is 1. The number of carbonyl (C=O) groups is 1. The fourth-order valence-electron chi connectivity index (χ4n) is 4.85. The third-order valence-electron chi connectivity index (χ3n) is 6.85. The first-order valence-electron chi connectivity index (χ1n) is 11.3. The zero-order chi connectivity index (χ0) is 23.2. The number of amides is 1. The summed E-state index contributed by atoms with van der Waals surface area (Å²) in [6.07, 6.45) is 2.58. The SMILES string of the molecule is Cc1nc(S(=O)(=O)N2CCC(C(=O)N3Cc4ccccc4-c4ccccc4C3)CC2)cn1C. The highest BCUT2D eigenvalue weighted by Crippen LogP contribution is 2.34. The Morgan fingerprint density at radius 3 is 2.00 bits per heavy atom. The number of sulfonamides is 1. The number of piperidine rings is 1. The van der Waals surface area contributed by atoms with Gasteiger partial charge < -0.3 is 9.47 Å². The Morgan fingerprint density at radius 1 is 0.939 bits per heavy atom. The van der Waals surface area contributed by atoms with Crippen molar-refractivity contribution in [3.05, 3.63) is 71.7 Å². The molecular weight excluding hydrogens is 436 g/mol. The second-order valence-corrected chi connectivity index (χ2v) is 10.8. The van der Waals surface area contributed by atoms with Crippen LogP contribution in [0.1, 0.15) is 29.8 Å². The van der Waals surface area contributed by atoms with Crippen molar-refractivity contribution >= 4 is 15.9 Å². The summed E-state index contributed by atoms with van der Waals surface area (Å²) in [4.78, 5) is 19.7. The second kappa shape index (κ2) is 8.43. The molecule has 0 atom stereocenters. The highest BCUT2D eigenvalue weighted by Gasteiger charge is 2.35. The molecule has 1 aromatic heterocycles. The van der Waals surface area contributed by atoms with Crippen molar-refractivity contribution in [2.24, 2.45) is 13.0 Å². The summed E-state index contributed by atoms with van der Waals surface area (Å²) in [5.74, 6) is 0.576. The molecule has 2 aromatic carbocycles. The van der Waals surface area contributed by atoms with Crippen LogP contribution in [0.3, 0.4) is 0 Å².